The number of fused-ring (bicyclic) bond motifs is 5. The highest BCUT2D eigenvalue weighted by molar-refractivity contribution is 5.17. The summed E-state index contributed by atoms with van der Waals surface area (Å²) in [5.74, 6) is 2.78. The zero-order valence-corrected chi connectivity index (χ0v) is 21.1. The zero-order valence-electron chi connectivity index (χ0n) is 21.1. The van der Waals surface area contributed by atoms with Gasteiger partial charge in [0.15, 0.2) is 0 Å². The Hall–Kier alpha value is -0.0800. The average Bonchev–Trinajstić information content (AvgIpc) is 2.69. The molecule has 4 saturated carbocycles. The number of aliphatic hydroxyl groups is 2. The van der Waals surface area contributed by atoms with Crippen LogP contribution in [0.2, 0.25) is 0 Å². The van der Waals surface area contributed by atoms with Crippen molar-refractivity contribution < 1.29 is 10.2 Å². The average molecular weight is 419 g/mol. The fourth-order valence-electron chi connectivity index (χ4n) is 10.5. The zero-order chi connectivity index (χ0) is 22.2. The van der Waals surface area contributed by atoms with Gasteiger partial charge in [-0.05, 0) is 109 Å². The highest BCUT2D eigenvalue weighted by Gasteiger charge is 2.68. The second kappa shape index (κ2) is 7.21. The number of rotatable bonds is 3. The molecule has 2 N–H and O–H groups in total. The van der Waals surface area contributed by atoms with Crippen LogP contribution in [0, 0.1) is 50.7 Å². The van der Waals surface area contributed by atoms with Gasteiger partial charge >= 0.3 is 0 Å². The second-order valence-electron chi connectivity index (χ2n) is 13.6. The Labute approximate surface area is 186 Å². The highest BCUT2D eigenvalue weighted by atomic mass is 16.3. The van der Waals surface area contributed by atoms with Crippen LogP contribution in [0.5, 0.6) is 0 Å². The van der Waals surface area contributed by atoms with Crippen LogP contribution in [-0.2, 0) is 0 Å². The van der Waals surface area contributed by atoms with E-state index in [0.717, 1.165) is 18.3 Å². The minimum absolute atomic E-state index is 0.0408. The molecule has 2 nitrogen and oxygen atoms in total. The SMILES string of the molecule is CCCC1(CO)CC[C@]2(C)C(CCC3[C@@]4(C)CC[C@H](O)C(C)(C)C4CC[C@]32C)C1C. The lowest BCUT2D eigenvalue weighted by molar-refractivity contribution is -0.249. The van der Waals surface area contributed by atoms with Crippen molar-refractivity contribution in [3.8, 4) is 0 Å². The molecule has 0 aliphatic heterocycles. The third-order valence-electron chi connectivity index (χ3n) is 12.7. The summed E-state index contributed by atoms with van der Waals surface area (Å²) in [6, 6.07) is 0. The second-order valence-corrected chi connectivity index (χ2v) is 13.6. The molecule has 30 heavy (non-hydrogen) atoms. The summed E-state index contributed by atoms with van der Waals surface area (Å²) in [7, 11) is 0. The first-order valence-corrected chi connectivity index (χ1v) is 13.2. The molecular weight excluding hydrogens is 368 g/mol. The highest BCUT2D eigenvalue weighted by Crippen LogP contribution is 2.75. The number of aliphatic hydroxyl groups excluding tert-OH is 2. The van der Waals surface area contributed by atoms with Crippen LogP contribution in [0.15, 0.2) is 0 Å². The third-order valence-corrected chi connectivity index (χ3v) is 12.7. The van der Waals surface area contributed by atoms with Crippen molar-refractivity contribution in [3.63, 3.8) is 0 Å². The minimum atomic E-state index is -0.138. The van der Waals surface area contributed by atoms with Crippen molar-refractivity contribution in [1.29, 1.82) is 0 Å². The van der Waals surface area contributed by atoms with Gasteiger partial charge < -0.3 is 10.2 Å². The van der Waals surface area contributed by atoms with Crippen molar-refractivity contribution in [2.24, 2.45) is 50.7 Å². The molecule has 174 valence electrons. The molecule has 0 saturated heterocycles. The Morgan fingerprint density at radius 1 is 0.800 bits per heavy atom. The Bertz CT molecular complexity index is 657. The van der Waals surface area contributed by atoms with Gasteiger partial charge in [-0.2, -0.15) is 0 Å². The van der Waals surface area contributed by atoms with Gasteiger partial charge in [0, 0.05) is 6.61 Å². The molecule has 0 amide bonds. The van der Waals surface area contributed by atoms with Gasteiger partial charge in [0.05, 0.1) is 6.10 Å². The molecule has 9 atom stereocenters. The summed E-state index contributed by atoms with van der Waals surface area (Å²) in [5, 5.41) is 21.3. The maximum atomic E-state index is 10.8. The van der Waals surface area contributed by atoms with Gasteiger partial charge in [0.25, 0.3) is 0 Å². The van der Waals surface area contributed by atoms with Crippen molar-refractivity contribution >= 4 is 0 Å². The first-order chi connectivity index (χ1) is 13.9. The Morgan fingerprint density at radius 2 is 1.50 bits per heavy atom. The molecule has 5 unspecified atom stereocenters. The molecule has 4 rings (SSSR count). The molecule has 0 radical (unpaired) electrons. The molecule has 0 bridgehead atoms. The lowest BCUT2D eigenvalue weighted by atomic mass is 9.32. The lowest BCUT2D eigenvalue weighted by Gasteiger charge is -2.73. The van der Waals surface area contributed by atoms with Gasteiger partial charge in [-0.3, -0.25) is 0 Å². The van der Waals surface area contributed by atoms with E-state index < -0.39 is 0 Å². The van der Waals surface area contributed by atoms with E-state index in [4.69, 9.17) is 0 Å². The Morgan fingerprint density at radius 3 is 2.13 bits per heavy atom. The molecule has 0 aromatic carbocycles. The molecule has 0 aromatic heterocycles. The summed E-state index contributed by atoms with van der Waals surface area (Å²) >= 11 is 0. The van der Waals surface area contributed by atoms with Crippen LogP contribution < -0.4 is 0 Å². The van der Waals surface area contributed by atoms with E-state index in [1.165, 1.54) is 57.8 Å². The summed E-state index contributed by atoms with van der Waals surface area (Å²) in [4.78, 5) is 0. The van der Waals surface area contributed by atoms with Crippen LogP contribution in [0.4, 0.5) is 0 Å². The maximum Gasteiger partial charge on any atom is 0.0594 e. The smallest absolute Gasteiger partial charge is 0.0594 e. The van der Waals surface area contributed by atoms with Crippen LogP contribution in [0.25, 0.3) is 0 Å². The van der Waals surface area contributed by atoms with E-state index in [1.807, 2.05) is 0 Å². The van der Waals surface area contributed by atoms with Crippen LogP contribution >= 0.6 is 0 Å². The fourth-order valence-corrected chi connectivity index (χ4v) is 10.5. The monoisotopic (exact) mass is 418 g/mol. The summed E-state index contributed by atoms with van der Waals surface area (Å²) in [5.41, 5.74) is 1.33. The largest absolute Gasteiger partial charge is 0.396 e. The molecule has 2 heteroatoms. The van der Waals surface area contributed by atoms with Crippen molar-refractivity contribution in [2.45, 2.75) is 119 Å². The number of hydrogen-bond donors (Lipinski definition) is 2. The molecular formula is C28H50O2. The first kappa shape index (κ1) is 23.1. The molecule has 4 fully saturated rings. The Kier molecular flexibility index (Phi) is 5.55. The van der Waals surface area contributed by atoms with Gasteiger partial charge in [-0.25, -0.2) is 0 Å². The summed E-state index contributed by atoms with van der Waals surface area (Å²) in [6.45, 7) is 17.8. The quantitative estimate of drug-likeness (QED) is 0.527. The first-order valence-electron chi connectivity index (χ1n) is 13.2. The van der Waals surface area contributed by atoms with Crippen LogP contribution in [0.1, 0.15) is 113 Å². The standard InChI is InChI=1S/C28H50O2/c1-8-13-28(18-29)17-16-26(6)20(19(28)2)9-10-22-25(5)14-12-23(30)24(3,4)21(25)11-15-27(22,26)7/h19-23,29-30H,8-18H2,1-7H3/t19?,20?,21?,22?,23-,25-,26+,27+,28?/m0/s1. The van der Waals surface area contributed by atoms with Gasteiger partial charge in [-0.15, -0.1) is 0 Å². The van der Waals surface area contributed by atoms with Crippen LogP contribution in [0.3, 0.4) is 0 Å². The van der Waals surface area contributed by atoms with Gasteiger partial charge in [0.1, 0.15) is 0 Å². The third kappa shape index (κ3) is 2.74. The van der Waals surface area contributed by atoms with Crippen molar-refractivity contribution in [1.82, 2.24) is 0 Å². The lowest BCUT2D eigenvalue weighted by Crippen LogP contribution is -2.66. The van der Waals surface area contributed by atoms with Crippen LogP contribution in [-0.4, -0.2) is 22.9 Å². The molecule has 0 spiro atoms. The molecule has 0 heterocycles. The normalized spacial score (nSPS) is 55.3. The van der Waals surface area contributed by atoms with E-state index in [0.29, 0.717) is 34.7 Å². The number of hydrogen-bond acceptors (Lipinski definition) is 2. The predicted molar refractivity (Wildman–Crippen MR) is 125 cm³/mol. The fraction of sp³-hybridized carbons (Fsp3) is 1.00. The van der Waals surface area contributed by atoms with E-state index in [1.54, 1.807) is 0 Å². The van der Waals surface area contributed by atoms with E-state index in [-0.39, 0.29) is 16.9 Å². The van der Waals surface area contributed by atoms with Crippen molar-refractivity contribution in [2.75, 3.05) is 6.61 Å². The topological polar surface area (TPSA) is 40.5 Å². The Balaban J connectivity index is 1.70. The summed E-state index contributed by atoms with van der Waals surface area (Å²) < 4.78 is 0. The maximum absolute atomic E-state index is 10.8. The van der Waals surface area contributed by atoms with E-state index in [2.05, 4.69) is 48.5 Å². The summed E-state index contributed by atoms with van der Waals surface area (Å²) in [6.07, 6.45) is 12.2. The van der Waals surface area contributed by atoms with E-state index >= 15 is 0 Å². The molecule has 0 aromatic rings. The van der Waals surface area contributed by atoms with Crippen molar-refractivity contribution in [3.05, 3.63) is 0 Å². The predicted octanol–water partition coefficient (Wildman–Crippen LogP) is 6.83. The van der Waals surface area contributed by atoms with E-state index in [9.17, 15) is 10.2 Å². The van der Waals surface area contributed by atoms with Gasteiger partial charge in [0.2, 0.25) is 0 Å². The van der Waals surface area contributed by atoms with Gasteiger partial charge in [-0.1, -0.05) is 54.9 Å². The minimum Gasteiger partial charge on any atom is -0.396 e. The molecule has 4 aliphatic carbocycles. The molecule has 4 aliphatic rings.